The molecule has 1 aliphatic rings. The summed E-state index contributed by atoms with van der Waals surface area (Å²) in [4.78, 5) is 11.4. The third-order valence-corrected chi connectivity index (χ3v) is 2.72. The van der Waals surface area contributed by atoms with Crippen molar-refractivity contribution in [2.75, 3.05) is 26.3 Å². The molecule has 0 aromatic rings. The lowest BCUT2D eigenvalue weighted by atomic mass is 10.2. The molecule has 6 nitrogen and oxygen atoms in total. The molecule has 0 atom stereocenters. The molecule has 2 N–H and O–H groups in total. The number of nitrogens with one attached hydrogen (secondary N) is 2. The second kappa shape index (κ2) is 7.77. The first-order chi connectivity index (χ1) is 9.68. The van der Waals surface area contributed by atoms with Crippen molar-refractivity contribution in [1.82, 2.24) is 10.6 Å². The highest BCUT2D eigenvalue weighted by Crippen LogP contribution is 2.16. The van der Waals surface area contributed by atoms with Crippen LogP contribution in [0.2, 0.25) is 0 Å². The number of amides is 1. The highest BCUT2D eigenvalue weighted by atomic mass is 16.7. The Kier molecular flexibility index (Phi) is 6.64. The largest absolute Gasteiger partial charge is 0.444 e. The van der Waals surface area contributed by atoms with E-state index < -0.39 is 17.5 Å². The van der Waals surface area contributed by atoms with Gasteiger partial charge in [-0.15, -0.1) is 0 Å². The number of carbonyl (C=O) groups is 1. The van der Waals surface area contributed by atoms with E-state index in [9.17, 15) is 4.79 Å². The van der Waals surface area contributed by atoms with Crippen molar-refractivity contribution in [1.29, 1.82) is 0 Å². The lowest BCUT2D eigenvalue weighted by molar-refractivity contribution is -0.252. The molecule has 0 radical (unpaired) electrons. The van der Waals surface area contributed by atoms with Crippen LogP contribution in [0.25, 0.3) is 0 Å². The Labute approximate surface area is 127 Å². The van der Waals surface area contributed by atoms with Crippen LogP contribution in [0.5, 0.6) is 0 Å². The van der Waals surface area contributed by atoms with Crippen LogP contribution in [0.15, 0.2) is 12.2 Å². The number of alkyl carbamates (subject to hydrolysis) is 1. The monoisotopic (exact) mass is 300 g/mol. The lowest BCUT2D eigenvalue weighted by Gasteiger charge is -2.35. The summed E-state index contributed by atoms with van der Waals surface area (Å²) in [7, 11) is 0. The minimum absolute atomic E-state index is 0.196. The number of hydrogen-bond acceptors (Lipinski definition) is 5. The van der Waals surface area contributed by atoms with E-state index in [0.717, 1.165) is 0 Å². The Morgan fingerprint density at radius 2 is 1.81 bits per heavy atom. The Bertz CT molecular complexity index is 351. The van der Waals surface area contributed by atoms with Crippen LogP contribution < -0.4 is 10.6 Å². The summed E-state index contributed by atoms with van der Waals surface area (Å²) in [5, 5.41) is 5.97. The maximum atomic E-state index is 11.4. The summed E-state index contributed by atoms with van der Waals surface area (Å²) in [5.74, 6) is -0.481. The Morgan fingerprint density at radius 3 is 2.38 bits per heavy atom. The van der Waals surface area contributed by atoms with Gasteiger partial charge in [-0.25, -0.2) is 4.79 Å². The van der Waals surface area contributed by atoms with Crippen molar-refractivity contribution >= 4 is 6.09 Å². The van der Waals surface area contributed by atoms with E-state index in [-0.39, 0.29) is 6.04 Å². The van der Waals surface area contributed by atoms with Gasteiger partial charge < -0.3 is 24.8 Å². The first kappa shape index (κ1) is 17.9. The van der Waals surface area contributed by atoms with Gasteiger partial charge in [-0.3, -0.25) is 0 Å². The number of rotatable bonds is 5. The Morgan fingerprint density at radius 1 is 1.24 bits per heavy atom. The van der Waals surface area contributed by atoms with Gasteiger partial charge in [-0.05, 0) is 34.6 Å². The third-order valence-electron chi connectivity index (χ3n) is 2.72. The molecule has 122 valence electrons. The smallest absolute Gasteiger partial charge is 0.407 e. The van der Waals surface area contributed by atoms with Gasteiger partial charge in [0, 0.05) is 13.1 Å². The minimum Gasteiger partial charge on any atom is -0.444 e. The van der Waals surface area contributed by atoms with E-state index in [1.54, 1.807) is 0 Å². The fraction of sp³-hybridized carbons (Fsp3) is 0.800. The van der Waals surface area contributed by atoms with E-state index in [4.69, 9.17) is 14.2 Å². The van der Waals surface area contributed by atoms with Crippen molar-refractivity contribution in [3.8, 4) is 0 Å². The van der Waals surface area contributed by atoms with Crippen LogP contribution in [0.3, 0.4) is 0 Å². The van der Waals surface area contributed by atoms with Crippen molar-refractivity contribution in [3.05, 3.63) is 12.2 Å². The van der Waals surface area contributed by atoms with Crippen molar-refractivity contribution in [2.45, 2.75) is 52.0 Å². The number of carbonyl (C=O) groups excluding carboxylic acids is 1. The first-order valence-corrected chi connectivity index (χ1v) is 7.31. The van der Waals surface area contributed by atoms with Crippen LogP contribution >= 0.6 is 0 Å². The summed E-state index contributed by atoms with van der Waals surface area (Å²) in [6, 6.07) is 0.196. The van der Waals surface area contributed by atoms with Gasteiger partial charge in [0.25, 0.3) is 0 Å². The highest BCUT2D eigenvalue weighted by Gasteiger charge is 2.27. The van der Waals surface area contributed by atoms with Gasteiger partial charge in [0.1, 0.15) is 5.60 Å². The summed E-state index contributed by atoms with van der Waals surface area (Å²) in [5.41, 5.74) is -0.468. The molecular weight excluding hydrogens is 272 g/mol. The average molecular weight is 300 g/mol. The molecule has 1 amide bonds. The van der Waals surface area contributed by atoms with E-state index in [0.29, 0.717) is 26.3 Å². The van der Waals surface area contributed by atoms with Gasteiger partial charge in [0.15, 0.2) is 5.79 Å². The van der Waals surface area contributed by atoms with E-state index in [1.807, 2.05) is 46.8 Å². The molecule has 1 heterocycles. The van der Waals surface area contributed by atoms with Crippen molar-refractivity contribution in [2.24, 2.45) is 0 Å². The topological polar surface area (TPSA) is 68.8 Å². The normalized spacial score (nSPS) is 19.7. The summed E-state index contributed by atoms with van der Waals surface area (Å²) >= 11 is 0. The molecule has 1 saturated heterocycles. The Balaban J connectivity index is 2.07. The lowest BCUT2D eigenvalue weighted by Crippen LogP contribution is -2.48. The van der Waals surface area contributed by atoms with Gasteiger partial charge in [0.05, 0.1) is 19.3 Å². The second-order valence-corrected chi connectivity index (χ2v) is 6.48. The number of ether oxygens (including phenoxy) is 3. The summed E-state index contributed by atoms with van der Waals surface area (Å²) in [6.45, 7) is 11.7. The summed E-state index contributed by atoms with van der Waals surface area (Å²) in [6.07, 6.45) is 3.43. The molecule has 1 fully saturated rings. The van der Waals surface area contributed by atoms with Crippen LogP contribution in [0.4, 0.5) is 4.79 Å². The van der Waals surface area contributed by atoms with Gasteiger partial charge in [-0.1, -0.05) is 12.2 Å². The SMILES string of the molecule is CC(C)(C)OC(=O)NC/C=C/CNC1COC(C)(C)OC1. The van der Waals surface area contributed by atoms with Gasteiger partial charge in [-0.2, -0.15) is 0 Å². The predicted octanol–water partition coefficient (Wildman–Crippen LogP) is 1.81. The van der Waals surface area contributed by atoms with Crippen LogP contribution in [0, 0.1) is 0 Å². The molecule has 0 aliphatic carbocycles. The minimum atomic E-state index is -0.481. The molecule has 0 bridgehead atoms. The quantitative estimate of drug-likeness (QED) is 0.758. The molecule has 1 aliphatic heterocycles. The standard InChI is InChI=1S/C15H28N2O4/c1-14(2,3)21-13(18)17-9-7-6-8-16-12-10-19-15(4,5)20-11-12/h6-7,12,16H,8-11H2,1-5H3,(H,17,18)/b7-6+. The van der Waals surface area contributed by atoms with Crippen molar-refractivity contribution in [3.63, 3.8) is 0 Å². The third kappa shape index (κ3) is 8.70. The van der Waals surface area contributed by atoms with Crippen molar-refractivity contribution < 1.29 is 19.0 Å². The zero-order chi connectivity index (χ0) is 15.9. The molecule has 0 unspecified atom stereocenters. The zero-order valence-corrected chi connectivity index (χ0v) is 13.7. The van der Waals surface area contributed by atoms with Crippen LogP contribution in [0.1, 0.15) is 34.6 Å². The van der Waals surface area contributed by atoms with E-state index in [1.165, 1.54) is 0 Å². The molecule has 1 rings (SSSR count). The van der Waals surface area contributed by atoms with E-state index >= 15 is 0 Å². The molecule has 6 heteroatoms. The fourth-order valence-electron chi connectivity index (χ4n) is 1.67. The maximum absolute atomic E-state index is 11.4. The fourth-order valence-corrected chi connectivity index (χ4v) is 1.67. The maximum Gasteiger partial charge on any atom is 0.407 e. The summed E-state index contributed by atoms with van der Waals surface area (Å²) < 4.78 is 16.2. The molecule has 0 aromatic heterocycles. The highest BCUT2D eigenvalue weighted by molar-refractivity contribution is 5.67. The molecule has 0 spiro atoms. The Hall–Kier alpha value is -1.11. The zero-order valence-electron chi connectivity index (χ0n) is 13.7. The van der Waals surface area contributed by atoms with Gasteiger partial charge in [0.2, 0.25) is 0 Å². The van der Waals surface area contributed by atoms with Gasteiger partial charge >= 0.3 is 6.09 Å². The second-order valence-electron chi connectivity index (χ2n) is 6.48. The average Bonchev–Trinajstić information content (AvgIpc) is 2.33. The van der Waals surface area contributed by atoms with Crippen LogP contribution in [-0.4, -0.2) is 49.8 Å². The number of hydrogen-bond donors (Lipinski definition) is 2. The van der Waals surface area contributed by atoms with E-state index in [2.05, 4.69) is 10.6 Å². The molecular formula is C15H28N2O4. The molecule has 0 saturated carbocycles. The molecule has 0 aromatic carbocycles. The predicted molar refractivity (Wildman–Crippen MR) is 81.2 cm³/mol. The van der Waals surface area contributed by atoms with Crippen LogP contribution in [-0.2, 0) is 14.2 Å². The first-order valence-electron chi connectivity index (χ1n) is 7.31. The molecule has 21 heavy (non-hydrogen) atoms.